The van der Waals surface area contributed by atoms with Crippen molar-refractivity contribution >= 4 is 5.91 Å². The number of nitrogens with zero attached hydrogens (tertiary/aromatic N) is 3. The minimum atomic E-state index is -4.51. The smallest absolute Gasteiger partial charge is 0.349 e. The number of halogens is 3. The molecule has 0 atom stereocenters. The van der Waals surface area contributed by atoms with Crippen molar-refractivity contribution in [2.24, 2.45) is 0 Å². The zero-order chi connectivity index (χ0) is 16.3. The minimum absolute atomic E-state index is 0.216. The highest BCUT2D eigenvalue weighted by Gasteiger charge is 2.33. The third-order valence-corrected chi connectivity index (χ3v) is 3.11. The van der Waals surface area contributed by atoms with Crippen molar-refractivity contribution in [3.8, 4) is 0 Å². The Bertz CT molecular complexity index is 679. The molecule has 2 aromatic rings. The van der Waals surface area contributed by atoms with Crippen molar-refractivity contribution in [3.63, 3.8) is 0 Å². The molecule has 0 aliphatic carbocycles. The van der Waals surface area contributed by atoms with Crippen molar-refractivity contribution in [1.82, 2.24) is 20.1 Å². The molecule has 118 valence electrons. The molecule has 2 rings (SSSR count). The van der Waals surface area contributed by atoms with Gasteiger partial charge in [0.25, 0.3) is 0 Å². The van der Waals surface area contributed by atoms with Crippen LogP contribution in [0.2, 0.25) is 0 Å². The maximum absolute atomic E-state index is 12.4. The van der Waals surface area contributed by atoms with Crippen molar-refractivity contribution < 1.29 is 18.0 Å². The van der Waals surface area contributed by atoms with E-state index in [2.05, 4.69) is 15.4 Å². The van der Waals surface area contributed by atoms with Gasteiger partial charge in [-0.15, -0.1) is 0 Å². The first-order chi connectivity index (χ1) is 10.3. The van der Waals surface area contributed by atoms with E-state index in [1.807, 2.05) is 19.9 Å². The van der Waals surface area contributed by atoms with Crippen LogP contribution in [-0.2, 0) is 24.1 Å². The van der Waals surface area contributed by atoms with Gasteiger partial charge in [0.05, 0.1) is 12.2 Å². The van der Waals surface area contributed by atoms with Gasteiger partial charge in [0, 0.05) is 11.9 Å². The number of aryl methyl sites for hydroxylation is 2. The number of alkyl halides is 3. The summed E-state index contributed by atoms with van der Waals surface area (Å²) in [6.45, 7) is 3.73. The third kappa shape index (κ3) is 4.06. The van der Waals surface area contributed by atoms with Crippen molar-refractivity contribution in [1.29, 1.82) is 0 Å². The second-order valence-corrected chi connectivity index (χ2v) is 4.88. The molecule has 0 saturated carbocycles. The van der Waals surface area contributed by atoms with Gasteiger partial charge < -0.3 is 5.32 Å². The van der Waals surface area contributed by atoms with Crippen LogP contribution in [0.15, 0.2) is 24.4 Å². The Morgan fingerprint density at radius 2 is 2.00 bits per heavy atom. The lowest BCUT2D eigenvalue weighted by molar-refractivity contribution is -0.141. The number of carbonyl (C=O) groups excluding carboxylic acids is 1. The molecule has 8 heteroatoms. The highest BCUT2D eigenvalue weighted by Crippen LogP contribution is 2.27. The molecule has 0 bridgehead atoms. The molecule has 0 aliphatic rings. The number of pyridine rings is 1. The van der Waals surface area contributed by atoms with E-state index in [1.165, 1.54) is 0 Å². The summed E-state index contributed by atoms with van der Waals surface area (Å²) in [7, 11) is 0. The van der Waals surface area contributed by atoms with Crippen LogP contribution in [0.4, 0.5) is 13.2 Å². The summed E-state index contributed by atoms with van der Waals surface area (Å²) in [5.41, 5.74) is 1.59. The number of carbonyl (C=O) groups is 1. The largest absolute Gasteiger partial charge is 0.435 e. The summed E-state index contributed by atoms with van der Waals surface area (Å²) < 4.78 is 38.1. The lowest BCUT2D eigenvalue weighted by Gasteiger charge is -2.07. The van der Waals surface area contributed by atoms with E-state index in [4.69, 9.17) is 0 Å². The molecule has 0 saturated heterocycles. The quantitative estimate of drug-likeness (QED) is 0.942. The van der Waals surface area contributed by atoms with Crippen LogP contribution in [0.1, 0.15) is 22.6 Å². The summed E-state index contributed by atoms with van der Waals surface area (Å²) >= 11 is 0. The topological polar surface area (TPSA) is 59.8 Å². The molecule has 5 nitrogen and oxygen atoms in total. The van der Waals surface area contributed by atoms with Gasteiger partial charge in [-0.1, -0.05) is 6.07 Å². The number of rotatable bonds is 4. The molecular formula is C14H15F3N4O. The second kappa shape index (κ2) is 6.17. The van der Waals surface area contributed by atoms with E-state index < -0.39 is 17.8 Å². The SMILES string of the molecule is Cc1ccc(CNC(=O)Cn2ccc(C(F)(F)F)n2)nc1C. The monoisotopic (exact) mass is 312 g/mol. The Kier molecular flexibility index (Phi) is 4.48. The first-order valence-electron chi connectivity index (χ1n) is 6.56. The fourth-order valence-electron chi connectivity index (χ4n) is 1.77. The van der Waals surface area contributed by atoms with Crippen LogP contribution in [0.3, 0.4) is 0 Å². The highest BCUT2D eigenvalue weighted by atomic mass is 19.4. The third-order valence-electron chi connectivity index (χ3n) is 3.11. The Balaban J connectivity index is 1.90. The molecule has 1 N–H and O–H groups in total. The van der Waals surface area contributed by atoms with Gasteiger partial charge in [0.1, 0.15) is 6.54 Å². The van der Waals surface area contributed by atoms with Gasteiger partial charge in [0.15, 0.2) is 5.69 Å². The molecule has 0 fully saturated rings. The standard InChI is InChI=1S/C14H15F3N4O/c1-9-3-4-11(19-10(9)2)7-18-13(22)8-21-6-5-12(20-21)14(15,16)17/h3-6H,7-8H2,1-2H3,(H,18,22). The van der Waals surface area contributed by atoms with Gasteiger partial charge in [-0.3, -0.25) is 14.5 Å². The normalized spacial score (nSPS) is 11.5. The van der Waals surface area contributed by atoms with Gasteiger partial charge in [-0.05, 0) is 31.5 Å². The fourth-order valence-corrected chi connectivity index (χ4v) is 1.77. The lowest BCUT2D eigenvalue weighted by Crippen LogP contribution is -2.28. The highest BCUT2D eigenvalue weighted by molar-refractivity contribution is 5.75. The number of nitrogens with one attached hydrogen (secondary N) is 1. The summed E-state index contributed by atoms with van der Waals surface area (Å²) in [5.74, 6) is -0.433. The first-order valence-corrected chi connectivity index (χ1v) is 6.56. The second-order valence-electron chi connectivity index (χ2n) is 4.88. The molecule has 0 radical (unpaired) electrons. The molecule has 2 heterocycles. The van der Waals surface area contributed by atoms with Crippen LogP contribution < -0.4 is 5.32 Å². The average molecular weight is 312 g/mol. The number of hydrogen-bond donors (Lipinski definition) is 1. The van der Waals surface area contributed by atoms with Gasteiger partial charge in [-0.25, -0.2) is 0 Å². The van der Waals surface area contributed by atoms with E-state index in [0.29, 0.717) is 5.69 Å². The first kappa shape index (κ1) is 16.0. The van der Waals surface area contributed by atoms with Crippen molar-refractivity contribution in [2.75, 3.05) is 0 Å². The summed E-state index contributed by atoms with van der Waals surface area (Å²) in [6.07, 6.45) is -3.39. The van der Waals surface area contributed by atoms with Crippen LogP contribution in [0, 0.1) is 13.8 Å². The molecule has 0 spiro atoms. The van der Waals surface area contributed by atoms with Gasteiger partial charge in [0.2, 0.25) is 5.91 Å². The maximum atomic E-state index is 12.4. The fraction of sp³-hybridized carbons (Fsp3) is 0.357. The Hall–Kier alpha value is -2.38. The average Bonchev–Trinajstić information content (AvgIpc) is 2.88. The molecule has 1 amide bonds. The van der Waals surface area contributed by atoms with Crippen LogP contribution >= 0.6 is 0 Å². The molecule has 0 aliphatic heterocycles. The van der Waals surface area contributed by atoms with E-state index in [0.717, 1.165) is 28.2 Å². The van der Waals surface area contributed by atoms with Crippen molar-refractivity contribution in [2.45, 2.75) is 33.1 Å². The Labute approximate surface area is 125 Å². The molecular weight excluding hydrogens is 297 g/mol. The number of amides is 1. The van der Waals surface area contributed by atoms with E-state index >= 15 is 0 Å². The van der Waals surface area contributed by atoms with E-state index in [-0.39, 0.29) is 13.1 Å². The Morgan fingerprint density at radius 3 is 2.59 bits per heavy atom. The predicted octanol–water partition coefficient (Wildman–Crippen LogP) is 2.23. The minimum Gasteiger partial charge on any atom is -0.349 e. The molecule has 0 unspecified atom stereocenters. The molecule has 22 heavy (non-hydrogen) atoms. The van der Waals surface area contributed by atoms with Crippen LogP contribution in [0.5, 0.6) is 0 Å². The summed E-state index contributed by atoms with van der Waals surface area (Å²) in [5, 5.41) is 5.92. The predicted molar refractivity (Wildman–Crippen MR) is 72.8 cm³/mol. The van der Waals surface area contributed by atoms with Gasteiger partial charge >= 0.3 is 6.18 Å². The lowest BCUT2D eigenvalue weighted by atomic mass is 10.2. The Morgan fingerprint density at radius 1 is 1.27 bits per heavy atom. The zero-order valence-electron chi connectivity index (χ0n) is 12.1. The van der Waals surface area contributed by atoms with Gasteiger partial charge in [-0.2, -0.15) is 18.3 Å². The maximum Gasteiger partial charge on any atom is 0.435 e. The van der Waals surface area contributed by atoms with Crippen LogP contribution in [-0.4, -0.2) is 20.7 Å². The number of hydrogen-bond acceptors (Lipinski definition) is 3. The van der Waals surface area contributed by atoms with E-state index in [1.54, 1.807) is 6.07 Å². The molecule has 0 aromatic carbocycles. The summed E-state index contributed by atoms with van der Waals surface area (Å²) in [6, 6.07) is 4.52. The number of aromatic nitrogens is 3. The zero-order valence-corrected chi connectivity index (χ0v) is 12.1. The van der Waals surface area contributed by atoms with Crippen LogP contribution in [0.25, 0.3) is 0 Å². The molecule has 2 aromatic heterocycles. The summed E-state index contributed by atoms with van der Waals surface area (Å²) in [4.78, 5) is 16.0. The van der Waals surface area contributed by atoms with E-state index in [9.17, 15) is 18.0 Å². The van der Waals surface area contributed by atoms with Crippen molar-refractivity contribution in [3.05, 3.63) is 47.0 Å².